The standard InChI is InChI=1S/C17H24N4O4S/c1-10-8-14(12-4-6-21(7-5-12)11(2)22)15(26(3,24)25)9-13(10)16(23)20-17(18)19/h8-9,12H,4-7H2,1-3H3,(H4,18,19,20,23). The molecule has 1 aromatic rings. The third-order valence-electron chi connectivity index (χ3n) is 4.60. The van der Waals surface area contributed by atoms with E-state index in [0.29, 0.717) is 37.1 Å². The van der Waals surface area contributed by atoms with Crippen molar-refractivity contribution in [3.63, 3.8) is 0 Å². The Morgan fingerprint density at radius 1 is 1.19 bits per heavy atom. The molecule has 9 heteroatoms. The highest BCUT2D eigenvalue weighted by Gasteiger charge is 2.28. The van der Waals surface area contributed by atoms with Gasteiger partial charge in [0, 0.05) is 31.8 Å². The molecule has 1 heterocycles. The van der Waals surface area contributed by atoms with E-state index in [0.717, 1.165) is 6.26 Å². The maximum atomic E-state index is 12.3. The molecule has 0 spiro atoms. The smallest absolute Gasteiger partial charge is 0.280 e. The van der Waals surface area contributed by atoms with Gasteiger partial charge >= 0.3 is 0 Å². The Balaban J connectivity index is 2.47. The molecule has 0 unspecified atom stereocenters. The number of likely N-dealkylation sites (tertiary alicyclic amines) is 1. The van der Waals surface area contributed by atoms with Gasteiger partial charge in [0.15, 0.2) is 15.8 Å². The van der Waals surface area contributed by atoms with Crippen LogP contribution in [0, 0.1) is 6.92 Å². The summed E-state index contributed by atoms with van der Waals surface area (Å²) in [5.41, 5.74) is 11.9. The second-order valence-electron chi connectivity index (χ2n) is 6.60. The maximum Gasteiger partial charge on any atom is 0.280 e. The average Bonchev–Trinajstić information content (AvgIpc) is 2.52. The van der Waals surface area contributed by atoms with Gasteiger partial charge in [0.05, 0.1) is 4.90 Å². The van der Waals surface area contributed by atoms with Crippen molar-refractivity contribution in [3.8, 4) is 0 Å². The molecule has 0 aliphatic carbocycles. The number of hydrogen-bond acceptors (Lipinski definition) is 4. The van der Waals surface area contributed by atoms with Crippen LogP contribution in [0.3, 0.4) is 0 Å². The number of benzene rings is 1. The quantitative estimate of drug-likeness (QED) is 0.580. The highest BCUT2D eigenvalue weighted by Crippen LogP contribution is 2.34. The van der Waals surface area contributed by atoms with Crippen LogP contribution in [0.4, 0.5) is 0 Å². The number of rotatable bonds is 3. The number of carbonyl (C=O) groups is 2. The van der Waals surface area contributed by atoms with E-state index >= 15 is 0 Å². The molecular weight excluding hydrogens is 356 g/mol. The van der Waals surface area contributed by atoms with Crippen LogP contribution in [0.15, 0.2) is 22.0 Å². The van der Waals surface area contributed by atoms with Crippen LogP contribution in [0.25, 0.3) is 0 Å². The van der Waals surface area contributed by atoms with Crippen LogP contribution in [0.5, 0.6) is 0 Å². The van der Waals surface area contributed by atoms with Gasteiger partial charge in [-0.2, -0.15) is 4.99 Å². The molecule has 142 valence electrons. The zero-order chi connectivity index (χ0) is 19.6. The van der Waals surface area contributed by atoms with E-state index in [4.69, 9.17) is 11.5 Å². The molecule has 2 rings (SSSR count). The third kappa shape index (κ3) is 4.40. The number of carbonyl (C=O) groups excluding carboxylic acids is 2. The van der Waals surface area contributed by atoms with Crippen molar-refractivity contribution in [3.05, 3.63) is 28.8 Å². The maximum absolute atomic E-state index is 12.3. The molecule has 0 aromatic heterocycles. The predicted molar refractivity (Wildman–Crippen MR) is 98.7 cm³/mol. The first-order valence-electron chi connectivity index (χ1n) is 8.24. The van der Waals surface area contributed by atoms with Crippen molar-refractivity contribution < 1.29 is 18.0 Å². The highest BCUT2D eigenvalue weighted by molar-refractivity contribution is 7.90. The topological polar surface area (TPSA) is 136 Å². The fourth-order valence-electron chi connectivity index (χ4n) is 3.26. The molecule has 26 heavy (non-hydrogen) atoms. The summed E-state index contributed by atoms with van der Waals surface area (Å²) in [6.45, 7) is 4.40. The fraction of sp³-hybridized carbons (Fsp3) is 0.471. The molecule has 0 saturated carbocycles. The zero-order valence-corrected chi connectivity index (χ0v) is 16.0. The van der Waals surface area contributed by atoms with Gasteiger partial charge in [-0.1, -0.05) is 6.07 Å². The lowest BCUT2D eigenvalue weighted by Gasteiger charge is -2.32. The molecule has 1 fully saturated rings. The van der Waals surface area contributed by atoms with Gasteiger partial charge in [-0.05, 0) is 42.9 Å². The summed E-state index contributed by atoms with van der Waals surface area (Å²) in [6.07, 6.45) is 2.45. The van der Waals surface area contributed by atoms with Crippen molar-refractivity contribution in [2.75, 3.05) is 19.3 Å². The Hall–Kier alpha value is -2.42. The first kappa shape index (κ1) is 19.9. The van der Waals surface area contributed by atoms with Gasteiger partial charge in [0.1, 0.15) is 0 Å². The predicted octanol–water partition coefficient (Wildman–Crippen LogP) is 0.538. The van der Waals surface area contributed by atoms with Crippen molar-refractivity contribution in [1.29, 1.82) is 0 Å². The molecule has 0 radical (unpaired) electrons. The molecule has 1 aromatic carbocycles. The minimum absolute atomic E-state index is 0.00116. The van der Waals surface area contributed by atoms with Crippen molar-refractivity contribution >= 4 is 27.6 Å². The first-order valence-corrected chi connectivity index (χ1v) is 10.1. The molecule has 1 aliphatic rings. The minimum Gasteiger partial charge on any atom is -0.370 e. The van der Waals surface area contributed by atoms with Crippen LogP contribution in [0.1, 0.15) is 47.2 Å². The SMILES string of the molecule is CC(=O)N1CCC(c2cc(C)c(C(=O)N=C(N)N)cc2S(C)(=O)=O)CC1. The Bertz CT molecular complexity index is 865. The molecular formula is C17H24N4O4S. The molecule has 4 N–H and O–H groups in total. The number of amides is 2. The van der Waals surface area contributed by atoms with Crippen LogP contribution < -0.4 is 11.5 Å². The lowest BCUT2D eigenvalue weighted by atomic mass is 9.87. The highest BCUT2D eigenvalue weighted by atomic mass is 32.2. The van der Waals surface area contributed by atoms with Crippen molar-refractivity contribution in [2.45, 2.75) is 37.5 Å². The lowest BCUT2D eigenvalue weighted by molar-refractivity contribution is -0.129. The minimum atomic E-state index is -3.56. The summed E-state index contributed by atoms with van der Waals surface area (Å²) < 4.78 is 24.6. The Morgan fingerprint density at radius 2 is 1.77 bits per heavy atom. The van der Waals surface area contributed by atoms with Gasteiger partial charge in [-0.15, -0.1) is 0 Å². The third-order valence-corrected chi connectivity index (χ3v) is 5.75. The van der Waals surface area contributed by atoms with Crippen LogP contribution in [0.2, 0.25) is 0 Å². The van der Waals surface area contributed by atoms with Gasteiger partial charge in [0.25, 0.3) is 5.91 Å². The summed E-state index contributed by atoms with van der Waals surface area (Å²) in [6, 6.07) is 3.08. The lowest BCUT2D eigenvalue weighted by Crippen LogP contribution is -2.36. The van der Waals surface area contributed by atoms with Crippen molar-refractivity contribution in [1.82, 2.24) is 4.90 Å². The van der Waals surface area contributed by atoms with E-state index < -0.39 is 15.7 Å². The van der Waals surface area contributed by atoms with Gasteiger partial charge in [-0.25, -0.2) is 8.42 Å². The van der Waals surface area contributed by atoms with Gasteiger partial charge in [-0.3, -0.25) is 9.59 Å². The van der Waals surface area contributed by atoms with Gasteiger partial charge < -0.3 is 16.4 Å². The van der Waals surface area contributed by atoms with E-state index in [1.807, 2.05) is 0 Å². The van der Waals surface area contributed by atoms with E-state index in [-0.39, 0.29) is 28.2 Å². The Morgan fingerprint density at radius 3 is 2.23 bits per heavy atom. The average molecular weight is 380 g/mol. The number of piperidine rings is 1. The van der Waals surface area contributed by atoms with E-state index in [1.54, 1.807) is 17.9 Å². The van der Waals surface area contributed by atoms with Crippen LogP contribution in [-0.4, -0.2) is 50.4 Å². The Labute approximate surface area is 153 Å². The number of aryl methyl sites for hydroxylation is 1. The van der Waals surface area contributed by atoms with E-state index in [2.05, 4.69) is 4.99 Å². The normalized spacial score (nSPS) is 15.6. The van der Waals surface area contributed by atoms with Gasteiger partial charge in [0.2, 0.25) is 5.91 Å². The first-order chi connectivity index (χ1) is 12.0. The molecule has 1 saturated heterocycles. The summed E-state index contributed by atoms with van der Waals surface area (Å²) in [5, 5.41) is 0. The summed E-state index contributed by atoms with van der Waals surface area (Å²) in [5.74, 6) is -1.04. The molecule has 0 bridgehead atoms. The summed E-state index contributed by atoms with van der Waals surface area (Å²) >= 11 is 0. The van der Waals surface area contributed by atoms with E-state index in [1.165, 1.54) is 13.0 Å². The molecule has 2 amide bonds. The number of aliphatic imine (C=N–C) groups is 1. The van der Waals surface area contributed by atoms with Crippen LogP contribution >= 0.6 is 0 Å². The Kier molecular flexibility index (Phi) is 5.70. The summed E-state index contributed by atoms with van der Waals surface area (Å²) in [7, 11) is -3.56. The number of sulfone groups is 1. The number of nitrogens with two attached hydrogens (primary N) is 2. The number of hydrogen-bond donors (Lipinski definition) is 2. The second-order valence-corrected chi connectivity index (χ2v) is 8.58. The van der Waals surface area contributed by atoms with Crippen LogP contribution in [-0.2, 0) is 14.6 Å². The monoisotopic (exact) mass is 380 g/mol. The largest absolute Gasteiger partial charge is 0.370 e. The number of guanidine groups is 1. The molecule has 1 aliphatic heterocycles. The molecule has 0 atom stereocenters. The van der Waals surface area contributed by atoms with E-state index in [9.17, 15) is 18.0 Å². The summed E-state index contributed by atoms with van der Waals surface area (Å²) in [4.78, 5) is 29.0. The number of nitrogens with zero attached hydrogens (tertiary/aromatic N) is 2. The molecule has 8 nitrogen and oxygen atoms in total. The second kappa shape index (κ2) is 7.45. The zero-order valence-electron chi connectivity index (χ0n) is 15.2. The fourth-order valence-corrected chi connectivity index (χ4v) is 4.25. The van der Waals surface area contributed by atoms with Crippen molar-refractivity contribution in [2.24, 2.45) is 16.5 Å².